The Morgan fingerprint density at radius 2 is 0.623 bits per heavy atom. The van der Waals surface area contributed by atoms with E-state index in [2.05, 4.69) is 211 Å². The summed E-state index contributed by atoms with van der Waals surface area (Å²) in [5, 5.41) is 2.36. The molecule has 0 spiro atoms. The molecule has 9 aromatic carbocycles. The number of aromatic nitrogens is 4. The molecule has 0 atom stereocenters. The maximum Gasteiger partial charge on any atom is 0.164 e. The first-order valence-electron chi connectivity index (χ1n) is 20.6. The summed E-state index contributed by atoms with van der Waals surface area (Å²) in [6.07, 6.45) is 0. The zero-order valence-electron chi connectivity index (χ0n) is 33.2. The molecule has 0 aliphatic carbocycles. The van der Waals surface area contributed by atoms with Gasteiger partial charge in [-0.3, -0.25) is 0 Å². The zero-order chi connectivity index (χ0) is 40.5. The van der Waals surface area contributed by atoms with Crippen molar-refractivity contribution in [3.63, 3.8) is 0 Å². The molecule has 4 nitrogen and oxygen atoms in total. The highest BCUT2D eigenvalue weighted by Gasteiger charge is 2.21. The molecule has 11 rings (SSSR count). The largest absolute Gasteiger partial charge is 0.309 e. The summed E-state index contributed by atoms with van der Waals surface area (Å²) in [5.41, 5.74) is 15.4. The minimum absolute atomic E-state index is 0.612. The summed E-state index contributed by atoms with van der Waals surface area (Å²) in [6, 6.07) is 81.2. The molecule has 0 N–H and O–H groups in total. The lowest BCUT2D eigenvalue weighted by Gasteiger charge is -2.13. The van der Waals surface area contributed by atoms with Crippen LogP contribution in [0.3, 0.4) is 0 Å². The standard InChI is InChI=1S/C57H38N4/c1-5-15-39(16-6-1)41-25-27-43(28-26-41)44-33-35-49(36-34-44)61-52-24-14-13-23-50(52)54-51(45-19-9-3-10-20-45)37-48(38-53(54)61)57-59-55(46-21-11-4-12-22-46)58-56(60-57)47-31-29-42(30-32-47)40-17-7-2-8-18-40/h1-38H. The summed E-state index contributed by atoms with van der Waals surface area (Å²) < 4.78 is 2.38. The number of hydrogen-bond acceptors (Lipinski definition) is 3. The van der Waals surface area contributed by atoms with E-state index in [1.807, 2.05) is 24.3 Å². The lowest BCUT2D eigenvalue weighted by Crippen LogP contribution is -2.01. The van der Waals surface area contributed by atoms with Crippen molar-refractivity contribution in [2.45, 2.75) is 0 Å². The van der Waals surface area contributed by atoms with Gasteiger partial charge in [0.25, 0.3) is 0 Å². The fourth-order valence-corrected chi connectivity index (χ4v) is 8.43. The van der Waals surface area contributed by atoms with E-state index in [1.54, 1.807) is 0 Å². The summed E-state index contributed by atoms with van der Waals surface area (Å²) in [5.74, 6) is 1.86. The lowest BCUT2D eigenvalue weighted by atomic mass is 9.96. The Hall–Kier alpha value is -8.21. The van der Waals surface area contributed by atoms with E-state index in [1.165, 1.54) is 33.0 Å². The zero-order valence-corrected chi connectivity index (χ0v) is 33.2. The summed E-state index contributed by atoms with van der Waals surface area (Å²) in [4.78, 5) is 15.5. The van der Waals surface area contributed by atoms with Gasteiger partial charge >= 0.3 is 0 Å². The summed E-state index contributed by atoms with van der Waals surface area (Å²) in [7, 11) is 0. The predicted molar refractivity (Wildman–Crippen MR) is 252 cm³/mol. The molecule has 0 amide bonds. The second kappa shape index (κ2) is 15.5. The Kier molecular flexibility index (Phi) is 9.14. The van der Waals surface area contributed by atoms with Crippen LogP contribution >= 0.6 is 0 Å². The molecule has 0 radical (unpaired) electrons. The Labute approximate surface area is 354 Å². The van der Waals surface area contributed by atoms with Crippen molar-refractivity contribution >= 4 is 21.8 Å². The van der Waals surface area contributed by atoms with Crippen LogP contribution in [0.2, 0.25) is 0 Å². The first-order chi connectivity index (χ1) is 30.2. The fraction of sp³-hybridized carbons (Fsp3) is 0. The smallest absolute Gasteiger partial charge is 0.164 e. The van der Waals surface area contributed by atoms with Gasteiger partial charge in [-0.2, -0.15) is 0 Å². The van der Waals surface area contributed by atoms with Crippen molar-refractivity contribution in [3.05, 3.63) is 231 Å². The minimum atomic E-state index is 0.612. The molecule has 61 heavy (non-hydrogen) atoms. The van der Waals surface area contributed by atoms with E-state index in [0.717, 1.165) is 55.7 Å². The third kappa shape index (κ3) is 6.86. The third-order valence-corrected chi connectivity index (χ3v) is 11.5. The minimum Gasteiger partial charge on any atom is -0.309 e. The quantitative estimate of drug-likeness (QED) is 0.154. The molecule has 0 saturated carbocycles. The topological polar surface area (TPSA) is 43.6 Å². The molecule has 2 aromatic heterocycles. The van der Waals surface area contributed by atoms with Crippen LogP contribution in [0.5, 0.6) is 0 Å². The van der Waals surface area contributed by atoms with Crippen LogP contribution in [0.25, 0.3) is 106 Å². The van der Waals surface area contributed by atoms with Gasteiger partial charge in [0.2, 0.25) is 0 Å². The van der Waals surface area contributed by atoms with Crippen LogP contribution in [0.15, 0.2) is 231 Å². The Balaban J connectivity index is 1.08. The Morgan fingerprint density at radius 3 is 1.13 bits per heavy atom. The van der Waals surface area contributed by atoms with Gasteiger partial charge in [-0.05, 0) is 74.8 Å². The SMILES string of the molecule is c1ccc(-c2ccc(-c3ccc(-n4c5ccccc5c5c(-c6ccccc6)cc(-c6nc(-c7ccccc7)nc(-c7ccc(-c8ccccc8)cc7)n6)cc54)cc3)cc2)cc1. The lowest BCUT2D eigenvalue weighted by molar-refractivity contribution is 1.07. The van der Waals surface area contributed by atoms with Gasteiger partial charge < -0.3 is 4.57 Å². The molecule has 0 fully saturated rings. The molecule has 0 aliphatic rings. The monoisotopic (exact) mass is 778 g/mol. The van der Waals surface area contributed by atoms with Crippen molar-refractivity contribution in [3.8, 4) is 84.4 Å². The Morgan fingerprint density at radius 1 is 0.262 bits per heavy atom. The maximum atomic E-state index is 5.24. The molecule has 286 valence electrons. The maximum absolute atomic E-state index is 5.24. The van der Waals surface area contributed by atoms with Crippen LogP contribution in [-0.4, -0.2) is 19.5 Å². The molecule has 0 saturated heterocycles. The first-order valence-corrected chi connectivity index (χ1v) is 20.6. The molecule has 0 bridgehead atoms. The van der Waals surface area contributed by atoms with Gasteiger partial charge in [0.1, 0.15) is 0 Å². The van der Waals surface area contributed by atoms with Crippen LogP contribution in [0, 0.1) is 0 Å². The highest BCUT2D eigenvalue weighted by Crippen LogP contribution is 2.42. The average molecular weight is 779 g/mol. The summed E-state index contributed by atoms with van der Waals surface area (Å²) in [6.45, 7) is 0. The van der Waals surface area contributed by atoms with Gasteiger partial charge in [0, 0.05) is 33.2 Å². The number of rotatable bonds is 8. The number of para-hydroxylation sites is 1. The van der Waals surface area contributed by atoms with E-state index in [0.29, 0.717) is 17.5 Å². The predicted octanol–water partition coefficient (Wildman–Crippen LogP) is 14.6. The first kappa shape index (κ1) is 35.9. The van der Waals surface area contributed by atoms with Crippen molar-refractivity contribution in [2.75, 3.05) is 0 Å². The number of fused-ring (bicyclic) bond motifs is 3. The van der Waals surface area contributed by atoms with Crippen LogP contribution in [0.1, 0.15) is 0 Å². The van der Waals surface area contributed by atoms with E-state index < -0.39 is 0 Å². The molecule has 0 aliphatic heterocycles. The van der Waals surface area contributed by atoms with Crippen LogP contribution < -0.4 is 0 Å². The van der Waals surface area contributed by atoms with Crippen molar-refractivity contribution in [1.82, 2.24) is 19.5 Å². The van der Waals surface area contributed by atoms with Gasteiger partial charge in [0.15, 0.2) is 17.5 Å². The molecule has 0 unspecified atom stereocenters. The molecule has 2 heterocycles. The molecule has 4 heteroatoms. The normalized spacial score (nSPS) is 11.3. The number of nitrogens with zero attached hydrogens (tertiary/aromatic N) is 4. The number of hydrogen-bond donors (Lipinski definition) is 0. The van der Waals surface area contributed by atoms with Crippen LogP contribution in [0.4, 0.5) is 0 Å². The van der Waals surface area contributed by atoms with Gasteiger partial charge in [0.05, 0.1) is 11.0 Å². The van der Waals surface area contributed by atoms with Crippen molar-refractivity contribution in [1.29, 1.82) is 0 Å². The average Bonchev–Trinajstić information content (AvgIpc) is 3.69. The molecular formula is C57H38N4. The number of benzene rings is 9. The van der Waals surface area contributed by atoms with E-state index in [9.17, 15) is 0 Å². The third-order valence-electron chi connectivity index (χ3n) is 11.5. The highest BCUT2D eigenvalue weighted by atomic mass is 15.0. The van der Waals surface area contributed by atoms with E-state index >= 15 is 0 Å². The van der Waals surface area contributed by atoms with E-state index in [4.69, 9.17) is 15.0 Å². The molecular weight excluding hydrogens is 741 g/mol. The molecule has 11 aromatic rings. The van der Waals surface area contributed by atoms with Crippen molar-refractivity contribution in [2.24, 2.45) is 0 Å². The second-order valence-electron chi connectivity index (χ2n) is 15.2. The summed E-state index contributed by atoms with van der Waals surface area (Å²) >= 11 is 0. The Bertz CT molecular complexity index is 3290. The van der Waals surface area contributed by atoms with Crippen LogP contribution in [-0.2, 0) is 0 Å². The van der Waals surface area contributed by atoms with Gasteiger partial charge in [-0.25, -0.2) is 15.0 Å². The van der Waals surface area contributed by atoms with Crippen molar-refractivity contribution < 1.29 is 0 Å². The highest BCUT2D eigenvalue weighted by molar-refractivity contribution is 6.17. The van der Waals surface area contributed by atoms with Gasteiger partial charge in [-0.1, -0.05) is 200 Å². The van der Waals surface area contributed by atoms with E-state index in [-0.39, 0.29) is 0 Å². The van der Waals surface area contributed by atoms with Gasteiger partial charge in [-0.15, -0.1) is 0 Å². The second-order valence-corrected chi connectivity index (χ2v) is 15.2. The fourth-order valence-electron chi connectivity index (χ4n) is 8.43.